The zero-order valence-electron chi connectivity index (χ0n) is 10.7. The molecule has 2 N–H and O–H groups in total. The van der Waals surface area contributed by atoms with Crippen molar-refractivity contribution in [1.82, 2.24) is 5.32 Å². The first-order chi connectivity index (χ1) is 8.02. The van der Waals surface area contributed by atoms with Crippen LogP contribution in [0.5, 0.6) is 0 Å². The topological polar surface area (TPSA) is 62.5 Å². The summed E-state index contributed by atoms with van der Waals surface area (Å²) in [7, 11) is 0. The predicted molar refractivity (Wildman–Crippen MR) is 65.9 cm³/mol. The van der Waals surface area contributed by atoms with Crippen LogP contribution in [0.3, 0.4) is 0 Å². The van der Waals surface area contributed by atoms with Crippen LogP contribution in [0.1, 0.15) is 43.5 Å². The number of rotatable bonds is 6. The summed E-state index contributed by atoms with van der Waals surface area (Å²) < 4.78 is 5.31. The van der Waals surface area contributed by atoms with Crippen LogP contribution in [-0.4, -0.2) is 23.7 Å². The molecule has 4 nitrogen and oxygen atoms in total. The van der Waals surface area contributed by atoms with Gasteiger partial charge in [-0.3, -0.25) is 4.79 Å². The van der Waals surface area contributed by atoms with Gasteiger partial charge in [0.25, 0.3) is 5.91 Å². The molecule has 1 aromatic rings. The average Bonchev–Trinajstić information content (AvgIpc) is 2.73. The number of carbonyl (C=O) groups is 1. The monoisotopic (exact) mass is 239 g/mol. The van der Waals surface area contributed by atoms with Crippen LogP contribution in [0.25, 0.3) is 0 Å². The van der Waals surface area contributed by atoms with Crippen LogP contribution in [0.15, 0.2) is 16.5 Å². The molecule has 0 saturated heterocycles. The van der Waals surface area contributed by atoms with Crippen molar-refractivity contribution in [2.45, 2.75) is 39.7 Å². The van der Waals surface area contributed by atoms with Crippen molar-refractivity contribution in [2.24, 2.45) is 5.92 Å². The number of hydrogen-bond acceptors (Lipinski definition) is 3. The minimum atomic E-state index is -0.500. The van der Waals surface area contributed by atoms with Crippen LogP contribution in [0, 0.1) is 5.92 Å². The Labute approximate surface area is 102 Å². The van der Waals surface area contributed by atoms with Gasteiger partial charge in [0.15, 0.2) is 5.76 Å². The van der Waals surface area contributed by atoms with Crippen molar-refractivity contribution in [3.63, 3.8) is 0 Å². The largest absolute Gasteiger partial charge is 0.456 e. The summed E-state index contributed by atoms with van der Waals surface area (Å²) in [5.74, 6) is 1.24. The van der Waals surface area contributed by atoms with Gasteiger partial charge in [-0.05, 0) is 24.5 Å². The second kappa shape index (κ2) is 6.45. The average molecular weight is 239 g/mol. The standard InChI is InChI=1S/C13H21NO3/c1-4-11-5-6-12(17-11)13(16)14-8-10(15)7-9(2)3/h5-6,9-10,15H,4,7-8H2,1-3H3,(H,14,16). The highest BCUT2D eigenvalue weighted by Crippen LogP contribution is 2.08. The molecule has 0 aromatic carbocycles. The third-order valence-electron chi connectivity index (χ3n) is 2.48. The molecule has 0 aliphatic carbocycles. The SMILES string of the molecule is CCc1ccc(C(=O)NCC(O)CC(C)C)o1. The molecule has 1 aromatic heterocycles. The highest BCUT2D eigenvalue weighted by molar-refractivity contribution is 5.91. The Hall–Kier alpha value is -1.29. The van der Waals surface area contributed by atoms with Gasteiger partial charge in [0, 0.05) is 13.0 Å². The molecule has 0 aliphatic rings. The second-order valence-electron chi connectivity index (χ2n) is 4.61. The number of furan rings is 1. The van der Waals surface area contributed by atoms with E-state index < -0.39 is 6.10 Å². The van der Waals surface area contributed by atoms with Gasteiger partial charge in [0.2, 0.25) is 0 Å². The van der Waals surface area contributed by atoms with Gasteiger partial charge in [-0.25, -0.2) is 0 Å². The van der Waals surface area contributed by atoms with Crippen LogP contribution < -0.4 is 5.32 Å². The molecule has 1 rings (SSSR count). The third-order valence-corrected chi connectivity index (χ3v) is 2.48. The van der Waals surface area contributed by atoms with Crippen LogP contribution in [0.4, 0.5) is 0 Å². The van der Waals surface area contributed by atoms with E-state index in [1.165, 1.54) is 0 Å². The summed E-state index contributed by atoms with van der Waals surface area (Å²) in [6, 6.07) is 3.45. The molecule has 96 valence electrons. The third kappa shape index (κ3) is 4.61. The predicted octanol–water partition coefficient (Wildman–Crippen LogP) is 1.98. The van der Waals surface area contributed by atoms with Crippen LogP contribution >= 0.6 is 0 Å². The first kappa shape index (κ1) is 13.8. The fourth-order valence-electron chi connectivity index (χ4n) is 1.62. The van der Waals surface area contributed by atoms with Crippen molar-refractivity contribution in [1.29, 1.82) is 0 Å². The summed E-state index contributed by atoms with van der Waals surface area (Å²) in [6.45, 7) is 6.29. The van der Waals surface area contributed by atoms with E-state index in [0.29, 0.717) is 18.1 Å². The lowest BCUT2D eigenvalue weighted by atomic mass is 10.1. The summed E-state index contributed by atoms with van der Waals surface area (Å²) >= 11 is 0. The Morgan fingerprint density at radius 3 is 2.71 bits per heavy atom. The first-order valence-electron chi connectivity index (χ1n) is 6.07. The lowest BCUT2D eigenvalue weighted by Crippen LogP contribution is -2.32. The molecule has 1 amide bonds. The first-order valence-corrected chi connectivity index (χ1v) is 6.07. The number of aliphatic hydroxyl groups excluding tert-OH is 1. The Morgan fingerprint density at radius 2 is 2.18 bits per heavy atom. The van der Waals surface area contributed by atoms with E-state index in [0.717, 1.165) is 12.2 Å². The van der Waals surface area contributed by atoms with Crippen molar-refractivity contribution >= 4 is 5.91 Å². The summed E-state index contributed by atoms with van der Waals surface area (Å²) in [5, 5.41) is 12.3. The number of aliphatic hydroxyl groups is 1. The lowest BCUT2D eigenvalue weighted by molar-refractivity contribution is 0.0872. The lowest BCUT2D eigenvalue weighted by Gasteiger charge is -2.13. The van der Waals surface area contributed by atoms with E-state index >= 15 is 0 Å². The molecule has 1 unspecified atom stereocenters. The molecule has 0 spiro atoms. The molecule has 1 heterocycles. The molecular formula is C13H21NO3. The van der Waals surface area contributed by atoms with Crippen molar-refractivity contribution in [2.75, 3.05) is 6.54 Å². The minimum absolute atomic E-state index is 0.263. The number of hydrogen-bond donors (Lipinski definition) is 2. The van der Waals surface area contributed by atoms with Crippen LogP contribution in [-0.2, 0) is 6.42 Å². The van der Waals surface area contributed by atoms with Gasteiger partial charge in [-0.1, -0.05) is 20.8 Å². The Morgan fingerprint density at radius 1 is 1.47 bits per heavy atom. The van der Waals surface area contributed by atoms with Gasteiger partial charge >= 0.3 is 0 Å². The maximum absolute atomic E-state index is 11.6. The van der Waals surface area contributed by atoms with Crippen molar-refractivity contribution in [3.05, 3.63) is 23.7 Å². The van der Waals surface area contributed by atoms with E-state index in [1.807, 2.05) is 20.8 Å². The molecule has 1 atom stereocenters. The summed E-state index contributed by atoms with van der Waals surface area (Å²) in [6.07, 6.45) is 0.946. The van der Waals surface area contributed by atoms with Gasteiger partial charge in [0.05, 0.1) is 6.10 Å². The van der Waals surface area contributed by atoms with E-state index in [4.69, 9.17) is 4.42 Å². The van der Waals surface area contributed by atoms with Gasteiger partial charge in [0.1, 0.15) is 5.76 Å². The molecule has 17 heavy (non-hydrogen) atoms. The Kier molecular flexibility index (Phi) is 5.22. The highest BCUT2D eigenvalue weighted by atomic mass is 16.3. The molecule has 4 heteroatoms. The molecular weight excluding hydrogens is 218 g/mol. The fraction of sp³-hybridized carbons (Fsp3) is 0.615. The van der Waals surface area contributed by atoms with E-state index in [1.54, 1.807) is 12.1 Å². The molecule has 0 fully saturated rings. The molecule has 0 saturated carbocycles. The minimum Gasteiger partial charge on any atom is -0.456 e. The number of nitrogens with one attached hydrogen (secondary N) is 1. The highest BCUT2D eigenvalue weighted by Gasteiger charge is 2.13. The van der Waals surface area contributed by atoms with Crippen molar-refractivity contribution in [3.8, 4) is 0 Å². The fourth-order valence-corrected chi connectivity index (χ4v) is 1.62. The van der Waals surface area contributed by atoms with E-state index in [9.17, 15) is 9.90 Å². The Bertz CT molecular complexity index is 357. The smallest absolute Gasteiger partial charge is 0.287 e. The van der Waals surface area contributed by atoms with Crippen LogP contribution in [0.2, 0.25) is 0 Å². The number of carbonyl (C=O) groups excluding carboxylic acids is 1. The number of aryl methyl sites for hydroxylation is 1. The second-order valence-corrected chi connectivity index (χ2v) is 4.61. The molecule has 0 radical (unpaired) electrons. The summed E-state index contributed by atoms with van der Waals surface area (Å²) in [4.78, 5) is 11.6. The summed E-state index contributed by atoms with van der Waals surface area (Å²) in [5.41, 5.74) is 0. The molecule has 0 bridgehead atoms. The maximum Gasteiger partial charge on any atom is 0.287 e. The quantitative estimate of drug-likeness (QED) is 0.798. The van der Waals surface area contributed by atoms with Gasteiger partial charge in [-0.2, -0.15) is 0 Å². The van der Waals surface area contributed by atoms with Crippen molar-refractivity contribution < 1.29 is 14.3 Å². The van der Waals surface area contributed by atoms with E-state index in [-0.39, 0.29) is 12.5 Å². The zero-order chi connectivity index (χ0) is 12.8. The maximum atomic E-state index is 11.6. The zero-order valence-corrected chi connectivity index (χ0v) is 10.7. The van der Waals surface area contributed by atoms with E-state index in [2.05, 4.69) is 5.32 Å². The number of amides is 1. The normalized spacial score (nSPS) is 12.8. The van der Waals surface area contributed by atoms with Gasteiger partial charge < -0.3 is 14.8 Å². The van der Waals surface area contributed by atoms with Gasteiger partial charge in [-0.15, -0.1) is 0 Å². The molecule has 0 aliphatic heterocycles. The Balaban J connectivity index is 2.39.